The molecule has 0 unspecified atom stereocenters. The minimum absolute atomic E-state index is 0.658. The first kappa shape index (κ1) is 26.3. The van der Waals surface area contributed by atoms with Crippen molar-refractivity contribution < 1.29 is 4.42 Å². The first-order valence-corrected chi connectivity index (χ1v) is 15.3. The van der Waals surface area contributed by atoms with Crippen LogP contribution in [0.4, 0.5) is 0 Å². The Bertz CT molecular complexity index is 2310. The zero-order chi connectivity index (χ0) is 29.5. The number of benzene rings is 6. The zero-order valence-electron chi connectivity index (χ0n) is 23.6. The van der Waals surface area contributed by atoms with Gasteiger partial charge in [0.25, 0.3) is 0 Å². The summed E-state index contributed by atoms with van der Waals surface area (Å²) in [4.78, 5) is 10.1. The maximum absolute atomic E-state index is 6.20. The number of nitrogens with zero attached hydrogens (tertiary/aromatic N) is 2. The second kappa shape index (κ2) is 11.1. The predicted octanol–water partition coefficient (Wildman–Crippen LogP) is 11.5. The lowest BCUT2D eigenvalue weighted by Crippen LogP contribution is -1.96. The molecule has 0 fully saturated rings. The highest BCUT2D eigenvalue weighted by Crippen LogP contribution is 2.35. The fourth-order valence-corrected chi connectivity index (χ4v) is 6.15. The van der Waals surface area contributed by atoms with Crippen molar-refractivity contribution in [2.24, 2.45) is 0 Å². The van der Waals surface area contributed by atoms with Gasteiger partial charge in [-0.25, -0.2) is 9.97 Å². The highest BCUT2D eigenvalue weighted by molar-refractivity contribution is 9.10. The van der Waals surface area contributed by atoms with Gasteiger partial charge in [-0.1, -0.05) is 119 Å². The van der Waals surface area contributed by atoms with Crippen LogP contribution in [0, 0.1) is 0 Å². The van der Waals surface area contributed by atoms with Gasteiger partial charge in [0.05, 0.1) is 11.4 Å². The summed E-state index contributed by atoms with van der Waals surface area (Å²) >= 11 is 3.61. The maximum atomic E-state index is 6.20. The van der Waals surface area contributed by atoms with Crippen LogP contribution in [-0.4, -0.2) is 9.97 Å². The summed E-state index contributed by atoms with van der Waals surface area (Å²) in [5, 5.41) is 2.19. The molecular formula is C40H25BrN2O. The van der Waals surface area contributed by atoms with Crippen molar-refractivity contribution in [1.82, 2.24) is 9.97 Å². The number of para-hydroxylation sites is 1. The van der Waals surface area contributed by atoms with E-state index < -0.39 is 0 Å². The lowest BCUT2D eigenvalue weighted by atomic mass is 9.97. The topological polar surface area (TPSA) is 38.9 Å². The van der Waals surface area contributed by atoms with E-state index >= 15 is 0 Å². The Morgan fingerprint density at radius 1 is 0.386 bits per heavy atom. The molecule has 0 aliphatic heterocycles. The third-order valence-electron chi connectivity index (χ3n) is 7.94. The van der Waals surface area contributed by atoms with Gasteiger partial charge >= 0.3 is 0 Å². The van der Waals surface area contributed by atoms with Crippen molar-refractivity contribution >= 4 is 37.9 Å². The molecule has 0 bridgehead atoms. The Hall–Kier alpha value is -5.32. The molecule has 2 heterocycles. The van der Waals surface area contributed by atoms with E-state index in [1.165, 1.54) is 11.1 Å². The highest BCUT2D eigenvalue weighted by Gasteiger charge is 2.14. The summed E-state index contributed by atoms with van der Waals surface area (Å²) in [5.74, 6) is 0.658. The van der Waals surface area contributed by atoms with E-state index in [1.807, 2.05) is 48.5 Å². The van der Waals surface area contributed by atoms with E-state index in [0.29, 0.717) is 5.82 Å². The molecule has 0 saturated carbocycles. The molecule has 0 aliphatic rings. The van der Waals surface area contributed by atoms with Crippen LogP contribution in [0.25, 0.3) is 78.1 Å². The molecule has 8 rings (SSSR count). The molecule has 0 atom stereocenters. The Morgan fingerprint density at radius 2 is 0.955 bits per heavy atom. The lowest BCUT2D eigenvalue weighted by molar-refractivity contribution is 0.669. The Morgan fingerprint density at radius 3 is 1.70 bits per heavy atom. The number of rotatable bonds is 5. The van der Waals surface area contributed by atoms with Gasteiger partial charge in [0.15, 0.2) is 5.82 Å². The molecule has 2 aromatic heterocycles. The molecule has 208 valence electrons. The largest absolute Gasteiger partial charge is 0.456 e. The van der Waals surface area contributed by atoms with E-state index in [1.54, 1.807) is 0 Å². The van der Waals surface area contributed by atoms with Gasteiger partial charge in [-0.05, 0) is 70.8 Å². The molecule has 44 heavy (non-hydrogen) atoms. The highest BCUT2D eigenvalue weighted by atomic mass is 79.9. The van der Waals surface area contributed by atoms with Crippen molar-refractivity contribution in [3.05, 3.63) is 156 Å². The molecule has 4 heteroatoms. The van der Waals surface area contributed by atoms with Crippen LogP contribution in [0.5, 0.6) is 0 Å². The fraction of sp³-hybridized carbons (Fsp3) is 0. The normalized spacial score (nSPS) is 11.3. The van der Waals surface area contributed by atoms with Crippen LogP contribution in [-0.2, 0) is 0 Å². The average Bonchev–Trinajstić information content (AvgIpc) is 3.47. The van der Waals surface area contributed by atoms with Crippen LogP contribution < -0.4 is 0 Å². The smallest absolute Gasteiger partial charge is 0.160 e. The van der Waals surface area contributed by atoms with Crippen LogP contribution >= 0.6 is 15.9 Å². The zero-order valence-corrected chi connectivity index (χ0v) is 25.2. The SMILES string of the molecule is Brc1cccc(-c2cccc(-c3cccc(-c4cc(-c5ccccc5)nc(-c5ccc6c(c5)oc5ccccc56)n4)c3)c2)c1. The third-order valence-corrected chi connectivity index (χ3v) is 8.44. The lowest BCUT2D eigenvalue weighted by Gasteiger charge is -2.11. The van der Waals surface area contributed by atoms with Crippen molar-refractivity contribution in [1.29, 1.82) is 0 Å². The fourth-order valence-electron chi connectivity index (χ4n) is 5.75. The predicted molar refractivity (Wildman–Crippen MR) is 184 cm³/mol. The summed E-state index contributed by atoms with van der Waals surface area (Å²) < 4.78 is 7.26. The van der Waals surface area contributed by atoms with Crippen LogP contribution in [0.1, 0.15) is 0 Å². The van der Waals surface area contributed by atoms with Crippen molar-refractivity contribution in [3.8, 4) is 56.2 Å². The van der Waals surface area contributed by atoms with Gasteiger partial charge in [-0.3, -0.25) is 0 Å². The minimum atomic E-state index is 0.658. The molecule has 0 spiro atoms. The molecule has 6 aromatic carbocycles. The van der Waals surface area contributed by atoms with E-state index in [-0.39, 0.29) is 0 Å². The van der Waals surface area contributed by atoms with Crippen molar-refractivity contribution in [2.75, 3.05) is 0 Å². The van der Waals surface area contributed by atoms with Gasteiger partial charge in [0.1, 0.15) is 11.2 Å². The van der Waals surface area contributed by atoms with Gasteiger partial charge in [0.2, 0.25) is 0 Å². The summed E-state index contributed by atoms with van der Waals surface area (Å²) in [6, 6.07) is 52.3. The molecule has 3 nitrogen and oxygen atoms in total. The Balaban J connectivity index is 1.24. The first-order valence-electron chi connectivity index (χ1n) is 14.5. The summed E-state index contributed by atoms with van der Waals surface area (Å²) in [7, 11) is 0. The second-order valence-electron chi connectivity index (χ2n) is 10.8. The summed E-state index contributed by atoms with van der Waals surface area (Å²) in [5.41, 5.74) is 11.0. The number of fused-ring (bicyclic) bond motifs is 3. The molecule has 0 amide bonds. The Labute approximate surface area is 263 Å². The van der Waals surface area contributed by atoms with Crippen LogP contribution in [0.2, 0.25) is 0 Å². The van der Waals surface area contributed by atoms with Crippen LogP contribution in [0.15, 0.2) is 161 Å². The quantitative estimate of drug-likeness (QED) is 0.190. The van der Waals surface area contributed by atoms with E-state index in [4.69, 9.17) is 14.4 Å². The van der Waals surface area contributed by atoms with Crippen molar-refractivity contribution in [2.45, 2.75) is 0 Å². The van der Waals surface area contributed by atoms with Gasteiger partial charge < -0.3 is 4.42 Å². The number of halogens is 1. The molecule has 0 radical (unpaired) electrons. The second-order valence-corrected chi connectivity index (χ2v) is 11.7. The molecule has 0 N–H and O–H groups in total. The minimum Gasteiger partial charge on any atom is -0.456 e. The van der Waals surface area contributed by atoms with Crippen molar-refractivity contribution in [3.63, 3.8) is 0 Å². The van der Waals surface area contributed by atoms with E-state index in [9.17, 15) is 0 Å². The van der Waals surface area contributed by atoms with Gasteiger partial charge in [-0.15, -0.1) is 0 Å². The first-order chi connectivity index (χ1) is 21.7. The third kappa shape index (κ3) is 5.00. The maximum Gasteiger partial charge on any atom is 0.160 e. The number of hydrogen-bond acceptors (Lipinski definition) is 3. The number of furan rings is 1. The van der Waals surface area contributed by atoms with E-state index in [0.717, 1.165) is 65.6 Å². The standard InChI is InChI=1S/C40H25BrN2O/c41-33-16-8-14-30(23-33)28-12-6-11-27(21-28)29-13-7-15-31(22-29)37-25-36(26-9-2-1-3-10-26)42-40(43-37)32-19-20-35-34-17-4-5-18-38(34)44-39(35)24-32/h1-25H. The Kier molecular flexibility index (Phi) is 6.62. The van der Waals surface area contributed by atoms with Crippen LogP contribution in [0.3, 0.4) is 0 Å². The van der Waals surface area contributed by atoms with Gasteiger partial charge in [0, 0.05) is 31.9 Å². The molecule has 0 saturated heterocycles. The average molecular weight is 630 g/mol. The monoisotopic (exact) mass is 628 g/mol. The molecule has 8 aromatic rings. The van der Waals surface area contributed by atoms with Gasteiger partial charge in [-0.2, -0.15) is 0 Å². The summed E-state index contributed by atoms with van der Waals surface area (Å²) in [6.45, 7) is 0. The number of aromatic nitrogens is 2. The molecular weight excluding hydrogens is 604 g/mol. The summed E-state index contributed by atoms with van der Waals surface area (Å²) in [6.07, 6.45) is 0. The number of hydrogen-bond donors (Lipinski definition) is 0. The van der Waals surface area contributed by atoms with E-state index in [2.05, 4.69) is 119 Å². The molecule has 0 aliphatic carbocycles.